The van der Waals surface area contributed by atoms with E-state index in [1.165, 1.54) is 13.3 Å². The first-order valence-corrected chi connectivity index (χ1v) is 3.88. The molecule has 0 aliphatic rings. The summed E-state index contributed by atoms with van der Waals surface area (Å²) in [6, 6.07) is 2.15. The topological polar surface area (TPSA) is 58.8 Å². The van der Waals surface area contributed by atoms with Crippen LogP contribution in [0.2, 0.25) is 0 Å². The van der Waals surface area contributed by atoms with Crippen LogP contribution in [0.5, 0.6) is 5.88 Å². The maximum Gasteiger partial charge on any atom is 0.232 e. The normalized spacial score (nSPS) is 10.6. The molecule has 13 heavy (non-hydrogen) atoms. The standard InChI is InChI=1S/C9H11N3O/c1-9(2,6-10)7-4-11-5-8(12-7)13-3/h4-5H,1-3H3. The van der Waals surface area contributed by atoms with Crippen molar-refractivity contribution < 1.29 is 4.74 Å². The predicted octanol–water partition coefficient (Wildman–Crippen LogP) is 1.29. The molecule has 4 heteroatoms. The van der Waals surface area contributed by atoms with E-state index in [1.54, 1.807) is 20.0 Å². The molecule has 0 fully saturated rings. The molecule has 0 radical (unpaired) electrons. The number of rotatable bonds is 2. The van der Waals surface area contributed by atoms with Gasteiger partial charge in [-0.1, -0.05) is 0 Å². The summed E-state index contributed by atoms with van der Waals surface area (Å²) in [4.78, 5) is 8.06. The molecule has 0 aromatic carbocycles. The van der Waals surface area contributed by atoms with E-state index in [2.05, 4.69) is 16.0 Å². The number of hydrogen-bond donors (Lipinski definition) is 0. The number of nitrogens with zero attached hydrogens (tertiary/aromatic N) is 3. The van der Waals surface area contributed by atoms with E-state index in [-0.39, 0.29) is 0 Å². The van der Waals surface area contributed by atoms with Crippen LogP contribution in [0.1, 0.15) is 19.5 Å². The highest BCUT2D eigenvalue weighted by molar-refractivity contribution is 5.23. The molecule has 68 valence electrons. The van der Waals surface area contributed by atoms with Gasteiger partial charge in [-0.15, -0.1) is 0 Å². The van der Waals surface area contributed by atoms with Gasteiger partial charge in [-0.3, -0.25) is 4.98 Å². The monoisotopic (exact) mass is 177 g/mol. The Labute approximate surface area is 77.2 Å². The van der Waals surface area contributed by atoms with E-state index in [0.717, 1.165) is 0 Å². The van der Waals surface area contributed by atoms with E-state index >= 15 is 0 Å². The number of nitriles is 1. The maximum atomic E-state index is 8.85. The third-order valence-corrected chi connectivity index (χ3v) is 1.74. The van der Waals surface area contributed by atoms with Crippen LogP contribution in [-0.2, 0) is 5.41 Å². The minimum Gasteiger partial charge on any atom is -0.480 e. The summed E-state index contributed by atoms with van der Waals surface area (Å²) in [7, 11) is 1.52. The van der Waals surface area contributed by atoms with E-state index in [1.807, 2.05) is 0 Å². The zero-order valence-corrected chi connectivity index (χ0v) is 7.90. The minimum atomic E-state index is -0.623. The Balaban J connectivity index is 3.10. The highest BCUT2D eigenvalue weighted by Gasteiger charge is 2.22. The molecule has 4 nitrogen and oxygen atoms in total. The van der Waals surface area contributed by atoms with Crippen LogP contribution in [0.25, 0.3) is 0 Å². The van der Waals surface area contributed by atoms with Crippen LogP contribution in [-0.4, -0.2) is 17.1 Å². The van der Waals surface area contributed by atoms with Gasteiger partial charge in [0.25, 0.3) is 0 Å². The van der Waals surface area contributed by atoms with E-state index in [0.29, 0.717) is 11.6 Å². The summed E-state index contributed by atoms with van der Waals surface area (Å²) in [5, 5.41) is 8.85. The minimum absolute atomic E-state index is 0.431. The Morgan fingerprint density at radius 1 is 1.46 bits per heavy atom. The fraction of sp³-hybridized carbons (Fsp3) is 0.444. The Hall–Kier alpha value is -1.63. The number of ether oxygens (including phenoxy) is 1. The van der Waals surface area contributed by atoms with Crippen molar-refractivity contribution in [1.29, 1.82) is 5.26 Å². The average Bonchev–Trinajstić information content (AvgIpc) is 2.18. The molecule has 0 aliphatic carbocycles. The van der Waals surface area contributed by atoms with Crippen molar-refractivity contribution in [3.05, 3.63) is 18.1 Å². The summed E-state index contributed by atoms with van der Waals surface area (Å²) in [6.45, 7) is 3.58. The second-order valence-electron chi connectivity index (χ2n) is 3.18. The summed E-state index contributed by atoms with van der Waals surface area (Å²) < 4.78 is 4.91. The van der Waals surface area contributed by atoms with Gasteiger partial charge in [0.15, 0.2) is 0 Å². The van der Waals surface area contributed by atoms with Crippen molar-refractivity contribution >= 4 is 0 Å². The van der Waals surface area contributed by atoms with E-state index in [4.69, 9.17) is 10.00 Å². The largest absolute Gasteiger partial charge is 0.480 e. The van der Waals surface area contributed by atoms with Gasteiger partial charge in [0, 0.05) is 0 Å². The Morgan fingerprint density at radius 3 is 2.69 bits per heavy atom. The van der Waals surface area contributed by atoms with Gasteiger partial charge < -0.3 is 4.74 Å². The second-order valence-corrected chi connectivity index (χ2v) is 3.18. The summed E-state index contributed by atoms with van der Waals surface area (Å²) in [5.41, 5.74) is -0.00370. The van der Waals surface area contributed by atoms with Gasteiger partial charge in [-0.05, 0) is 13.8 Å². The van der Waals surface area contributed by atoms with Gasteiger partial charge in [0.05, 0.1) is 36.7 Å². The number of methoxy groups -OCH3 is 1. The molecule has 0 atom stereocenters. The van der Waals surface area contributed by atoms with Crippen molar-refractivity contribution in [1.82, 2.24) is 9.97 Å². The van der Waals surface area contributed by atoms with Gasteiger partial charge in [0.1, 0.15) is 0 Å². The molecule has 0 bridgehead atoms. The Bertz CT molecular complexity index is 341. The summed E-state index contributed by atoms with van der Waals surface area (Å²) in [6.07, 6.45) is 3.09. The summed E-state index contributed by atoms with van der Waals surface area (Å²) in [5.74, 6) is 0.431. The van der Waals surface area contributed by atoms with Crippen molar-refractivity contribution in [3.63, 3.8) is 0 Å². The number of hydrogen-bond acceptors (Lipinski definition) is 4. The van der Waals surface area contributed by atoms with E-state index < -0.39 is 5.41 Å². The molecule has 0 N–H and O–H groups in total. The zero-order valence-electron chi connectivity index (χ0n) is 7.90. The lowest BCUT2D eigenvalue weighted by Crippen LogP contribution is -2.16. The fourth-order valence-corrected chi connectivity index (χ4v) is 0.805. The average molecular weight is 177 g/mol. The first kappa shape index (κ1) is 9.46. The van der Waals surface area contributed by atoms with Crippen molar-refractivity contribution in [3.8, 4) is 11.9 Å². The molecular formula is C9H11N3O. The van der Waals surface area contributed by atoms with Crippen LogP contribution in [0, 0.1) is 11.3 Å². The molecule has 0 unspecified atom stereocenters. The van der Waals surface area contributed by atoms with Crippen LogP contribution >= 0.6 is 0 Å². The molecule has 1 rings (SSSR count). The third kappa shape index (κ3) is 1.94. The molecule has 1 heterocycles. The quantitative estimate of drug-likeness (QED) is 0.682. The van der Waals surface area contributed by atoms with Crippen molar-refractivity contribution in [2.45, 2.75) is 19.3 Å². The fourth-order valence-electron chi connectivity index (χ4n) is 0.805. The van der Waals surface area contributed by atoms with Crippen LogP contribution < -0.4 is 4.74 Å². The molecular weight excluding hydrogens is 166 g/mol. The third-order valence-electron chi connectivity index (χ3n) is 1.74. The number of aromatic nitrogens is 2. The van der Waals surface area contributed by atoms with Gasteiger partial charge >= 0.3 is 0 Å². The first-order valence-electron chi connectivity index (χ1n) is 3.88. The van der Waals surface area contributed by atoms with Crippen LogP contribution in [0.15, 0.2) is 12.4 Å². The molecule has 0 saturated heterocycles. The van der Waals surface area contributed by atoms with Crippen molar-refractivity contribution in [2.24, 2.45) is 0 Å². The first-order chi connectivity index (χ1) is 6.10. The lowest BCUT2D eigenvalue weighted by atomic mass is 9.92. The Morgan fingerprint density at radius 2 is 2.15 bits per heavy atom. The molecule has 1 aromatic heterocycles. The molecule has 0 amide bonds. The second kappa shape index (κ2) is 3.40. The predicted molar refractivity (Wildman–Crippen MR) is 47.2 cm³/mol. The van der Waals surface area contributed by atoms with Crippen molar-refractivity contribution in [2.75, 3.05) is 7.11 Å². The molecule has 0 aliphatic heterocycles. The molecule has 0 spiro atoms. The van der Waals surface area contributed by atoms with Crippen LogP contribution in [0.3, 0.4) is 0 Å². The lowest BCUT2D eigenvalue weighted by Gasteiger charge is -2.13. The van der Waals surface area contributed by atoms with Gasteiger partial charge in [-0.2, -0.15) is 5.26 Å². The van der Waals surface area contributed by atoms with Gasteiger partial charge in [0.2, 0.25) is 5.88 Å². The SMILES string of the molecule is COc1cncc(C(C)(C)C#N)n1. The molecule has 1 aromatic rings. The zero-order chi connectivity index (χ0) is 9.90. The van der Waals surface area contributed by atoms with Gasteiger partial charge in [-0.25, -0.2) is 4.98 Å². The van der Waals surface area contributed by atoms with Crippen LogP contribution in [0.4, 0.5) is 0 Å². The highest BCUT2D eigenvalue weighted by atomic mass is 16.5. The summed E-state index contributed by atoms with van der Waals surface area (Å²) >= 11 is 0. The highest BCUT2D eigenvalue weighted by Crippen LogP contribution is 2.20. The van der Waals surface area contributed by atoms with E-state index in [9.17, 15) is 0 Å². The Kier molecular flexibility index (Phi) is 2.47. The molecule has 0 saturated carbocycles. The maximum absolute atomic E-state index is 8.85. The smallest absolute Gasteiger partial charge is 0.232 e. The lowest BCUT2D eigenvalue weighted by molar-refractivity contribution is 0.391.